The van der Waals surface area contributed by atoms with Gasteiger partial charge in [-0.2, -0.15) is 0 Å². The highest BCUT2D eigenvalue weighted by atomic mass is 35.5. The molecule has 0 aliphatic carbocycles. The number of aliphatic hydroxyl groups is 1. The molecular formula is C22H24Cl2FN3O4. The number of halogens is 3. The number of carbonyl (C=O) groups is 2. The lowest BCUT2D eigenvalue weighted by Gasteiger charge is -2.36. The maximum absolute atomic E-state index is 13.0. The van der Waals surface area contributed by atoms with Crippen LogP contribution in [0.25, 0.3) is 0 Å². The molecule has 0 bridgehead atoms. The maximum Gasteiger partial charge on any atom is 0.319 e. The van der Waals surface area contributed by atoms with Crippen molar-refractivity contribution in [3.8, 4) is 0 Å². The highest BCUT2D eigenvalue weighted by molar-refractivity contribution is 6.35. The number of carbonyl (C=O) groups excluding carboxylic acids is 2. The zero-order valence-electron chi connectivity index (χ0n) is 17.1. The Balaban J connectivity index is 1.44. The van der Waals surface area contributed by atoms with Crippen molar-refractivity contribution in [1.29, 1.82) is 0 Å². The number of rotatable bonds is 7. The molecule has 3 amide bonds. The zero-order valence-corrected chi connectivity index (χ0v) is 18.6. The molecule has 0 aromatic heterocycles. The number of nitrogens with one attached hydrogen (secondary N) is 3. The van der Waals surface area contributed by atoms with E-state index in [9.17, 15) is 19.1 Å². The average molecular weight is 484 g/mol. The summed E-state index contributed by atoms with van der Waals surface area (Å²) in [5, 5.41) is 18.7. The molecule has 2 aromatic carbocycles. The number of anilines is 1. The van der Waals surface area contributed by atoms with Crippen molar-refractivity contribution >= 4 is 40.8 Å². The number of amides is 3. The first-order valence-electron chi connectivity index (χ1n) is 10.2. The van der Waals surface area contributed by atoms with Gasteiger partial charge in [-0.15, -0.1) is 0 Å². The second kappa shape index (κ2) is 11.5. The Hall–Kier alpha value is -2.39. The van der Waals surface area contributed by atoms with E-state index in [-0.39, 0.29) is 24.7 Å². The van der Waals surface area contributed by atoms with Crippen LogP contribution in [0.4, 0.5) is 14.9 Å². The minimum Gasteiger partial charge on any atom is -0.394 e. The summed E-state index contributed by atoms with van der Waals surface area (Å²) in [6, 6.07) is 9.20. The summed E-state index contributed by atoms with van der Waals surface area (Å²) < 4.78 is 18.9. The number of benzene rings is 2. The monoisotopic (exact) mass is 483 g/mol. The fraction of sp³-hybridized carbons (Fsp3) is 0.364. The van der Waals surface area contributed by atoms with Crippen LogP contribution in [0.3, 0.4) is 0 Å². The minimum absolute atomic E-state index is 0.173. The van der Waals surface area contributed by atoms with Crippen LogP contribution in [0.1, 0.15) is 29.6 Å². The molecule has 3 rings (SSSR count). The summed E-state index contributed by atoms with van der Waals surface area (Å²) in [6.07, 6.45) is 1.05. The topological polar surface area (TPSA) is 99.7 Å². The number of aliphatic hydroxyl groups excluding tert-OH is 1. The van der Waals surface area contributed by atoms with Gasteiger partial charge in [0.25, 0.3) is 5.91 Å². The SMILES string of the molecule is O=C(Nc1ccc(F)cc1)N[C@H]1CC[C@@H](CCNC(=O)c2cc(Cl)cc(Cl)c2)O[C@H]1CO. The third-order valence-corrected chi connectivity index (χ3v) is 5.53. The van der Waals surface area contributed by atoms with Crippen molar-refractivity contribution in [3.05, 3.63) is 63.9 Å². The van der Waals surface area contributed by atoms with Crippen LogP contribution in [-0.4, -0.2) is 48.4 Å². The molecule has 1 aliphatic heterocycles. The summed E-state index contributed by atoms with van der Waals surface area (Å²) in [5.41, 5.74) is 0.826. The minimum atomic E-state index is -0.574. The van der Waals surface area contributed by atoms with Crippen molar-refractivity contribution in [2.45, 2.75) is 37.5 Å². The molecule has 0 spiro atoms. The van der Waals surface area contributed by atoms with E-state index >= 15 is 0 Å². The summed E-state index contributed by atoms with van der Waals surface area (Å²) >= 11 is 11.9. The quantitative estimate of drug-likeness (QED) is 0.478. The molecule has 2 aromatic rings. The molecule has 1 aliphatic rings. The predicted molar refractivity (Wildman–Crippen MR) is 121 cm³/mol. The molecule has 0 radical (unpaired) electrons. The lowest BCUT2D eigenvalue weighted by Crippen LogP contribution is -2.52. The van der Waals surface area contributed by atoms with E-state index < -0.39 is 18.0 Å². The van der Waals surface area contributed by atoms with Gasteiger partial charge in [-0.05, 0) is 61.7 Å². The van der Waals surface area contributed by atoms with Gasteiger partial charge in [-0.25, -0.2) is 9.18 Å². The molecule has 32 heavy (non-hydrogen) atoms. The summed E-state index contributed by atoms with van der Waals surface area (Å²) in [7, 11) is 0. The molecule has 3 atom stereocenters. The van der Waals surface area contributed by atoms with E-state index in [0.717, 1.165) is 0 Å². The maximum atomic E-state index is 13.0. The molecule has 0 unspecified atom stereocenters. The molecule has 1 saturated heterocycles. The van der Waals surface area contributed by atoms with Gasteiger partial charge in [0.2, 0.25) is 0 Å². The molecule has 0 saturated carbocycles. The van der Waals surface area contributed by atoms with Crippen LogP contribution in [-0.2, 0) is 4.74 Å². The van der Waals surface area contributed by atoms with Gasteiger partial charge in [0, 0.05) is 27.8 Å². The number of ether oxygens (including phenoxy) is 1. The smallest absolute Gasteiger partial charge is 0.319 e. The van der Waals surface area contributed by atoms with Crippen molar-refractivity contribution in [3.63, 3.8) is 0 Å². The fourth-order valence-electron chi connectivity index (χ4n) is 3.51. The predicted octanol–water partition coefficient (Wildman–Crippen LogP) is 3.98. The average Bonchev–Trinajstić information content (AvgIpc) is 2.75. The Morgan fingerprint density at radius 2 is 1.78 bits per heavy atom. The first-order valence-corrected chi connectivity index (χ1v) is 10.9. The van der Waals surface area contributed by atoms with Gasteiger partial charge in [0.1, 0.15) is 11.9 Å². The Kier molecular flexibility index (Phi) is 8.69. The second-order valence-corrected chi connectivity index (χ2v) is 8.34. The first-order chi connectivity index (χ1) is 15.3. The highest BCUT2D eigenvalue weighted by Gasteiger charge is 2.31. The van der Waals surface area contributed by atoms with E-state index in [4.69, 9.17) is 27.9 Å². The Morgan fingerprint density at radius 3 is 2.44 bits per heavy atom. The van der Waals surface area contributed by atoms with E-state index in [1.807, 2.05) is 0 Å². The molecule has 4 N–H and O–H groups in total. The van der Waals surface area contributed by atoms with Gasteiger partial charge < -0.3 is 25.8 Å². The molecule has 7 nitrogen and oxygen atoms in total. The normalized spacial score (nSPS) is 20.4. The Bertz CT molecular complexity index is 925. The lowest BCUT2D eigenvalue weighted by molar-refractivity contribution is -0.0886. The largest absolute Gasteiger partial charge is 0.394 e. The number of hydrogen-bond donors (Lipinski definition) is 4. The van der Waals surface area contributed by atoms with Crippen LogP contribution in [0.2, 0.25) is 10.0 Å². The summed E-state index contributed by atoms with van der Waals surface area (Å²) in [4.78, 5) is 24.5. The van der Waals surface area contributed by atoms with Gasteiger partial charge in [-0.1, -0.05) is 23.2 Å². The van der Waals surface area contributed by atoms with Crippen LogP contribution < -0.4 is 16.0 Å². The van der Waals surface area contributed by atoms with Crippen LogP contribution in [0, 0.1) is 5.82 Å². The van der Waals surface area contributed by atoms with E-state index in [1.165, 1.54) is 36.4 Å². The number of hydrogen-bond acceptors (Lipinski definition) is 4. The van der Waals surface area contributed by atoms with Crippen molar-refractivity contribution < 1.29 is 23.8 Å². The van der Waals surface area contributed by atoms with Crippen LogP contribution in [0.5, 0.6) is 0 Å². The number of urea groups is 1. The first kappa shape index (κ1) is 24.3. The van der Waals surface area contributed by atoms with Crippen molar-refractivity contribution in [2.24, 2.45) is 0 Å². The molecule has 1 fully saturated rings. The summed E-state index contributed by atoms with van der Waals surface area (Å²) in [6.45, 7) is 0.111. The van der Waals surface area contributed by atoms with Crippen molar-refractivity contribution in [1.82, 2.24) is 10.6 Å². The Morgan fingerprint density at radius 1 is 1.09 bits per heavy atom. The third kappa shape index (κ3) is 7.06. The molecule has 1 heterocycles. The highest BCUT2D eigenvalue weighted by Crippen LogP contribution is 2.22. The summed E-state index contributed by atoms with van der Waals surface area (Å²) in [5.74, 6) is -0.684. The van der Waals surface area contributed by atoms with Crippen LogP contribution >= 0.6 is 23.2 Å². The van der Waals surface area contributed by atoms with Crippen LogP contribution in [0.15, 0.2) is 42.5 Å². The second-order valence-electron chi connectivity index (χ2n) is 7.47. The molecule has 10 heteroatoms. The Labute approximate surface area is 195 Å². The van der Waals surface area contributed by atoms with Gasteiger partial charge in [0.05, 0.1) is 18.8 Å². The van der Waals surface area contributed by atoms with E-state index in [1.54, 1.807) is 6.07 Å². The van der Waals surface area contributed by atoms with E-state index in [2.05, 4.69) is 16.0 Å². The third-order valence-electron chi connectivity index (χ3n) is 5.09. The van der Waals surface area contributed by atoms with Gasteiger partial charge in [0.15, 0.2) is 0 Å². The van der Waals surface area contributed by atoms with Crippen molar-refractivity contribution in [2.75, 3.05) is 18.5 Å². The standard InChI is InChI=1S/C22H24Cl2FN3O4/c23-14-9-13(10-15(24)11-14)21(30)26-8-7-18-5-6-19(20(12-29)32-18)28-22(31)27-17-3-1-16(25)2-4-17/h1-4,9-11,18-20,29H,5-8,12H2,(H,26,30)(H2,27,28,31)/t18-,19-,20-/m0/s1. The van der Waals surface area contributed by atoms with Gasteiger partial charge >= 0.3 is 6.03 Å². The molecular weight excluding hydrogens is 460 g/mol. The molecule has 172 valence electrons. The van der Waals surface area contributed by atoms with Gasteiger partial charge in [-0.3, -0.25) is 4.79 Å². The fourth-order valence-corrected chi connectivity index (χ4v) is 4.04. The lowest BCUT2D eigenvalue weighted by atomic mass is 9.97. The zero-order chi connectivity index (χ0) is 23.1. The van der Waals surface area contributed by atoms with E-state index in [0.29, 0.717) is 47.1 Å².